The number of aromatic nitrogens is 2. The number of aryl methyl sites for hydroxylation is 2. The minimum Gasteiger partial charge on any atom is -0.486 e. The lowest BCUT2D eigenvalue weighted by molar-refractivity contribution is 0.148. The lowest BCUT2D eigenvalue weighted by Crippen LogP contribution is -2.22. The predicted molar refractivity (Wildman–Crippen MR) is 77.3 cm³/mol. The maximum absolute atomic E-state index is 5.89. The van der Waals surface area contributed by atoms with Gasteiger partial charge in [-0.3, -0.25) is 4.68 Å². The van der Waals surface area contributed by atoms with Crippen molar-refractivity contribution in [3.05, 3.63) is 41.7 Å². The van der Waals surface area contributed by atoms with Gasteiger partial charge in [-0.15, -0.1) is 0 Å². The molecule has 0 saturated heterocycles. The molecular weight excluding hydrogens is 252 g/mol. The fraction of sp³-hybridized carbons (Fsp3) is 0.438. The Kier molecular flexibility index (Phi) is 3.63. The summed E-state index contributed by atoms with van der Waals surface area (Å²) in [4.78, 5) is 0. The molecule has 1 atom stereocenters. The van der Waals surface area contributed by atoms with E-state index in [2.05, 4.69) is 31.1 Å². The van der Waals surface area contributed by atoms with Crippen LogP contribution in [-0.2, 0) is 13.0 Å². The molecular formula is C16H20N2O2. The smallest absolute Gasteiger partial charge is 0.157 e. The summed E-state index contributed by atoms with van der Waals surface area (Å²) >= 11 is 0. The van der Waals surface area contributed by atoms with Gasteiger partial charge in [0.15, 0.2) is 5.75 Å². The van der Waals surface area contributed by atoms with Crippen molar-refractivity contribution in [2.75, 3.05) is 6.61 Å². The molecule has 0 fully saturated rings. The highest BCUT2D eigenvalue weighted by Crippen LogP contribution is 2.29. The van der Waals surface area contributed by atoms with Gasteiger partial charge in [0.05, 0.1) is 12.4 Å². The van der Waals surface area contributed by atoms with Crippen molar-refractivity contribution in [3.8, 4) is 11.5 Å². The van der Waals surface area contributed by atoms with E-state index >= 15 is 0 Å². The Morgan fingerprint density at radius 1 is 1.45 bits per heavy atom. The molecule has 1 aliphatic heterocycles. The van der Waals surface area contributed by atoms with Crippen LogP contribution in [0.4, 0.5) is 0 Å². The van der Waals surface area contributed by atoms with Gasteiger partial charge in [0.1, 0.15) is 18.5 Å². The molecule has 0 saturated carbocycles. The van der Waals surface area contributed by atoms with Gasteiger partial charge in [-0.25, -0.2) is 0 Å². The molecule has 0 aliphatic carbocycles. The highest BCUT2D eigenvalue weighted by atomic mass is 16.5. The first-order valence-electron chi connectivity index (χ1n) is 7.16. The van der Waals surface area contributed by atoms with E-state index in [0.717, 1.165) is 30.9 Å². The normalized spacial score (nSPS) is 16.8. The van der Waals surface area contributed by atoms with Crippen molar-refractivity contribution in [1.29, 1.82) is 0 Å². The molecule has 20 heavy (non-hydrogen) atoms. The molecule has 4 heteroatoms. The molecule has 2 heterocycles. The monoisotopic (exact) mass is 272 g/mol. The van der Waals surface area contributed by atoms with Crippen LogP contribution >= 0.6 is 0 Å². The average molecular weight is 272 g/mol. The van der Waals surface area contributed by atoms with Crippen LogP contribution in [0.3, 0.4) is 0 Å². The fourth-order valence-electron chi connectivity index (χ4n) is 2.50. The van der Waals surface area contributed by atoms with Crippen LogP contribution in [-0.4, -0.2) is 22.5 Å². The van der Waals surface area contributed by atoms with E-state index in [1.165, 1.54) is 11.1 Å². The Balaban J connectivity index is 1.55. The van der Waals surface area contributed by atoms with Crippen LogP contribution in [0.15, 0.2) is 30.6 Å². The van der Waals surface area contributed by atoms with Crippen molar-refractivity contribution < 1.29 is 9.47 Å². The summed E-state index contributed by atoms with van der Waals surface area (Å²) < 4.78 is 13.6. The van der Waals surface area contributed by atoms with Gasteiger partial charge >= 0.3 is 0 Å². The van der Waals surface area contributed by atoms with Crippen molar-refractivity contribution in [1.82, 2.24) is 9.78 Å². The molecule has 1 aromatic heterocycles. The van der Waals surface area contributed by atoms with Crippen LogP contribution in [0, 0.1) is 6.92 Å². The number of fused-ring (bicyclic) bond motifs is 1. The number of ether oxygens (including phenoxy) is 2. The molecule has 0 radical (unpaired) electrons. The van der Waals surface area contributed by atoms with Gasteiger partial charge in [-0.1, -0.05) is 24.6 Å². The fourth-order valence-corrected chi connectivity index (χ4v) is 2.50. The molecule has 0 N–H and O–H groups in total. The minimum absolute atomic E-state index is 0.0984. The van der Waals surface area contributed by atoms with E-state index in [4.69, 9.17) is 9.47 Å². The Bertz CT molecular complexity index is 592. The zero-order chi connectivity index (χ0) is 13.9. The van der Waals surface area contributed by atoms with Crippen LogP contribution in [0.1, 0.15) is 24.5 Å². The molecule has 4 nitrogen and oxygen atoms in total. The summed E-state index contributed by atoms with van der Waals surface area (Å²) in [6.45, 7) is 5.72. The second-order valence-corrected chi connectivity index (χ2v) is 5.31. The summed E-state index contributed by atoms with van der Waals surface area (Å²) in [6.07, 6.45) is 5.79. The van der Waals surface area contributed by atoms with Gasteiger partial charge < -0.3 is 9.47 Å². The number of hydrogen-bond acceptors (Lipinski definition) is 3. The Morgan fingerprint density at radius 3 is 3.20 bits per heavy atom. The predicted octanol–water partition coefficient (Wildman–Crippen LogP) is 2.98. The summed E-state index contributed by atoms with van der Waals surface area (Å²) in [5.74, 6) is 1.81. The molecule has 0 spiro atoms. The number of rotatable bonds is 5. The quantitative estimate of drug-likeness (QED) is 0.839. The van der Waals surface area contributed by atoms with Crippen molar-refractivity contribution in [2.45, 2.75) is 39.3 Å². The van der Waals surface area contributed by atoms with Crippen molar-refractivity contribution in [2.24, 2.45) is 0 Å². The minimum atomic E-state index is 0.0984. The van der Waals surface area contributed by atoms with Gasteiger partial charge in [0.2, 0.25) is 0 Å². The summed E-state index contributed by atoms with van der Waals surface area (Å²) in [7, 11) is 0. The van der Waals surface area contributed by atoms with E-state index in [1.807, 2.05) is 16.9 Å². The summed E-state index contributed by atoms with van der Waals surface area (Å²) in [5, 5.41) is 4.25. The summed E-state index contributed by atoms with van der Waals surface area (Å²) in [6, 6.07) is 6.31. The standard InChI is InChI=1S/C16H20N2O2/c1-3-6-18-10-15(9-17-18)19-11-14-8-13-7-12(2)4-5-16(13)20-14/h4-5,7,9-10,14H,3,6,8,11H2,1-2H3. The molecule has 3 rings (SSSR count). The third-order valence-corrected chi connectivity index (χ3v) is 3.46. The van der Waals surface area contributed by atoms with Gasteiger partial charge in [-0.05, 0) is 25.0 Å². The third-order valence-electron chi connectivity index (χ3n) is 3.46. The van der Waals surface area contributed by atoms with Crippen LogP contribution in [0.5, 0.6) is 11.5 Å². The van der Waals surface area contributed by atoms with E-state index in [0.29, 0.717) is 6.61 Å². The second-order valence-electron chi connectivity index (χ2n) is 5.31. The van der Waals surface area contributed by atoms with E-state index < -0.39 is 0 Å². The lowest BCUT2D eigenvalue weighted by atomic mass is 10.1. The highest BCUT2D eigenvalue weighted by molar-refractivity contribution is 5.40. The Morgan fingerprint density at radius 2 is 2.35 bits per heavy atom. The van der Waals surface area contributed by atoms with Crippen molar-refractivity contribution >= 4 is 0 Å². The van der Waals surface area contributed by atoms with Gasteiger partial charge in [0.25, 0.3) is 0 Å². The van der Waals surface area contributed by atoms with Crippen LogP contribution in [0.25, 0.3) is 0 Å². The first-order valence-corrected chi connectivity index (χ1v) is 7.16. The molecule has 106 valence electrons. The molecule has 0 amide bonds. The summed E-state index contributed by atoms with van der Waals surface area (Å²) in [5.41, 5.74) is 2.55. The van der Waals surface area contributed by atoms with Gasteiger partial charge in [-0.2, -0.15) is 5.10 Å². The Hall–Kier alpha value is -1.97. The van der Waals surface area contributed by atoms with Crippen molar-refractivity contribution in [3.63, 3.8) is 0 Å². The number of hydrogen-bond donors (Lipinski definition) is 0. The maximum atomic E-state index is 5.89. The molecule has 2 aromatic rings. The maximum Gasteiger partial charge on any atom is 0.157 e. The largest absolute Gasteiger partial charge is 0.486 e. The van der Waals surface area contributed by atoms with Crippen LogP contribution < -0.4 is 9.47 Å². The van der Waals surface area contributed by atoms with Gasteiger partial charge in [0, 0.05) is 13.0 Å². The number of benzene rings is 1. The lowest BCUT2D eigenvalue weighted by Gasteiger charge is -2.10. The number of nitrogens with zero attached hydrogens (tertiary/aromatic N) is 2. The molecule has 1 unspecified atom stereocenters. The third kappa shape index (κ3) is 2.79. The molecule has 1 aliphatic rings. The van der Waals surface area contributed by atoms with Crippen LogP contribution in [0.2, 0.25) is 0 Å². The average Bonchev–Trinajstić information content (AvgIpc) is 3.02. The molecule has 0 bridgehead atoms. The Labute approximate surface area is 119 Å². The highest BCUT2D eigenvalue weighted by Gasteiger charge is 2.23. The second kappa shape index (κ2) is 5.57. The zero-order valence-electron chi connectivity index (χ0n) is 12.0. The topological polar surface area (TPSA) is 36.3 Å². The SMILES string of the molecule is CCCn1cc(OCC2Cc3cc(C)ccc3O2)cn1. The zero-order valence-corrected chi connectivity index (χ0v) is 12.0. The van der Waals surface area contributed by atoms with E-state index in [9.17, 15) is 0 Å². The van der Waals surface area contributed by atoms with E-state index in [1.54, 1.807) is 6.20 Å². The first-order chi connectivity index (χ1) is 9.74. The molecule has 1 aromatic carbocycles. The first kappa shape index (κ1) is 13.0. The van der Waals surface area contributed by atoms with E-state index in [-0.39, 0.29) is 6.10 Å².